The molecule has 0 unspecified atom stereocenters. The molecular formula is C15H20N4OS. The first-order valence-corrected chi connectivity index (χ1v) is 8.53. The number of aromatic nitrogens is 3. The van der Waals surface area contributed by atoms with Gasteiger partial charge in [-0.3, -0.25) is 9.20 Å². The van der Waals surface area contributed by atoms with Crippen LogP contribution in [0.3, 0.4) is 0 Å². The van der Waals surface area contributed by atoms with E-state index < -0.39 is 0 Å². The van der Waals surface area contributed by atoms with E-state index in [0.29, 0.717) is 11.8 Å². The van der Waals surface area contributed by atoms with Crippen LogP contribution in [0.1, 0.15) is 38.5 Å². The van der Waals surface area contributed by atoms with Crippen LogP contribution in [0.2, 0.25) is 0 Å². The Morgan fingerprint density at radius 2 is 2.05 bits per heavy atom. The largest absolute Gasteiger partial charge is 0.353 e. The third kappa shape index (κ3) is 3.75. The van der Waals surface area contributed by atoms with Crippen molar-refractivity contribution in [3.8, 4) is 0 Å². The van der Waals surface area contributed by atoms with Gasteiger partial charge in [-0.05, 0) is 25.0 Å². The highest BCUT2D eigenvalue weighted by Crippen LogP contribution is 2.19. The first-order valence-electron chi connectivity index (χ1n) is 7.55. The quantitative estimate of drug-likeness (QED) is 0.697. The van der Waals surface area contributed by atoms with E-state index in [1.807, 2.05) is 28.8 Å². The molecule has 0 aliphatic heterocycles. The molecule has 1 N–H and O–H groups in total. The summed E-state index contributed by atoms with van der Waals surface area (Å²) in [5.74, 6) is 0.492. The summed E-state index contributed by atoms with van der Waals surface area (Å²) in [6.07, 6.45) is 9.20. The smallest absolute Gasteiger partial charge is 0.230 e. The van der Waals surface area contributed by atoms with E-state index in [4.69, 9.17) is 0 Å². The van der Waals surface area contributed by atoms with Gasteiger partial charge in [-0.2, -0.15) is 0 Å². The van der Waals surface area contributed by atoms with Crippen molar-refractivity contribution in [1.82, 2.24) is 19.9 Å². The Balaban J connectivity index is 1.53. The van der Waals surface area contributed by atoms with E-state index in [-0.39, 0.29) is 5.91 Å². The minimum absolute atomic E-state index is 0.0968. The summed E-state index contributed by atoms with van der Waals surface area (Å²) in [4.78, 5) is 12.1. The van der Waals surface area contributed by atoms with Gasteiger partial charge in [0.2, 0.25) is 5.91 Å². The average Bonchev–Trinajstić information content (AvgIpc) is 2.74. The number of hydrogen-bond donors (Lipinski definition) is 1. The zero-order chi connectivity index (χ0) is 14.5. The second kappa shape index (κ2) is 6.93. The summed E-state index contributed by atoms with van der Waals surface area (Å²) >= 11 is 1.44. The highest BCUT2D eigenvalue weighted by atomic mass is 32.2. The number of fused-ring (bicyclic) bond motifs is 1. The Morgan fingerprint density at radius 1 is 1.24 bits per heavy atom. The molecule has 0 spiro atoms. The number of rotatable bonds is 4. The van der Waals surface area contributed by atoms with Crippen molar-refractivity contribution in [1.29, 1.82) is 0 Å². The lowest BCUT2D eigenvalue weighted by Crippen LogP contribution is -2.35. The van der Waals surface area contributed by atoms with E-state index in [2.05, 4.69) is 15.5 Å². The maximum absolute atomic E-state index is 12.1. The molecule has 1 aliphatic carbocycles. The summed E-state index contributed by atoms with van der Waals surface area (Å²) in [5, 5.41) is 12.1. The molecule has 0 saturated heterocycles. The molecule has 21 heavy (non-hydrogen) atoms. The standard InChI is InChI=1S/C15H20N4OS/c20-14(16-12-7-3-1-2-4-8-12)11-21-15-18-17-13-9-5-6-10-19(13)15/h5-6,9-10,12H,1-4,7-8,11H2,(H,16,20). The number of carbonyl (C=O) groups excluding carboxylic acids is 1. The van der Waals surface area contributed by atoms with Crippen molar-refractivity contribution in [2.75, 3.05) is 5.75 Å². The topological polar surface area (TPSA) is 59.3 Å². The van der Waals surface area contributed by atoms with E-state index in [9.17, 15) is 4.79 Å². The SMILES string of the molecule is O=C(CSc1nnc2ccccn12)NC1CCCCCC1. The minimum atomic E-state index is 0.0968. The Hall–Kier alpha value is -1.56. The first-order chi connectivity index (χ1) is 10.3. The van der Waals surface area contributed by atoms with E-state index in [0.717, 1.165) is 23.6 Å². The fraction of sp³-hybridized carbons (Fsp3) is 0.533. The van der Waals surface area contributed by atoms with Crippen molar-refractivity contribution in [2.24, 2.45) is 0 Å². The molecule has 1 saturated carbocycles. The van der Waals surface area contributed by atoms with Crippen LogP contribution in [-0.4, -0.2) is 32.3 Å². The fourth-order valence-corrected chi connectivity index (χ4v) is 3.48. The van der Waals surface area contributed by atoms with Crippen molar-refractivity contribution in [3.63, 3.8) is 0 Å². The van der Waals surface area contributed by atoms with E-state index >= 15 is 0 Å². The molecular weight excluding hydrogens is 284 g/mol. The van der Waals surface area contributed by atoms with Crippen LogP contribution in [-0.2, 0) is 4.79 Å². The lowest BCUT2D eigenvalue weighted by molar-refractivity contribution is -0.119. The molecule has 0 bridgehead atoms. The van der Waals surface area contributed by atoms with Gasteiger partial charge in [-0.15, -0.1) is 10.2 Å². The number of carbonyl (C=O) groups is 1. The van der Waals surface area contributed by atoms with Crippen LogP contribution in [0, 0.1) is 0 Å². The van der Waals surface area contributed by atoms with Gasteiger partial charge in [0, 0.05) is 12.2 Å². The lowest BCUT2D eigenvalue weighted by atomic mass is 10.1. The Kier molecular flexibility index (Phi) is 4.75. The van der Waals surface area contributed by atoms with Gasteiger partial charge in [-0.1, -0.05) is 43.5 Å². The normalized spacial score (nSPS) is 16.8. The van der Waals surface area contributed by atoms with Crippen molar-refractivity contribution in [2.45, 2.75) is 49.7 Å². The molecule has 0 radical (unpaired) electrons. The third-order valence-corrected chi connectivity index (χ3v) is 4.78. The lowest BCUT2D eigenvalue weighted by Gasteiger charge is -2.15. The number of pyridine rings is 1. The van der Waals surface area contributed by atoms with Crippen LogP contribution in [0.15, 0.2) is 29.6 Å². The Labute approximate surface area is 128 Å². The van der Waals surface area contributed by atoms with Gasteiger partial charge in [0.1, 0.15) is 0 Å². The Morgan fingerprint density at radius 3 is 2.86 bits per heavy atom. The maximum atomic E-state index is 12.1. The van der Waals surface area contributed by atoms with E-state index in [1.54, 1.807) is 0 Å². The van der Waals surface area contributed by atoms with E-state index in [1.165, 1.54) is 37.4 Å². The number of nitrogens with zero attached hydrogens (tertiary/aromatic N) is 3. The van der Waals surface area contributed by atoms with Crippen molar-refractivity contribution in [3.05, 3.63) is 24.4 Å². The molecule has 0 atom stereocenters. The van der Waals surface area contributed by atoms with Crippen LogP contribution >= 0.6 is 11.8 Å². The van der Waals surface area contributed by atoms with Gasteiger partial charge in [0.05, 0.1) is 5.75 Å². The number of nitrogens with one attached hydrogen (secondary N) is 1. The van der Waals surface area contributed by atoms with Crippen molar-refractivity contribution >= 4 is 23.3 Å². The number of amides is 1. The van der Waals surface area contributed by atoms with Crippen LogP contribution < -0.4 is 5.32 Å². The van der Waals surface area contributed by atoms with Crippen molar-refractivity contribution < 1.29 is 4.79 Å². The molecule has 5 nitrogen and oxygen atoms in total. The second-order valence-electron chi connectivity index (χ2n) is 5.46. The first kappa shape index (κ1) is 14.4. The monoisotopic (exact) mass is 304 g/mol. The molecule has 0 aromatic carbocycles. The molecule has 6 heteroatoms. The zero-order valence-electron chi connectivity index (χ0n) is 12.0. The highest BCUT2D eigenvalue weighted by molar-refractivity contribution is 7.99. The molecule has 2 aromatic heterocycles. The molecule has 1 fully saturated rings. The van der Waals surface area contributed by atoms with Gasteiger partial charge in [0.15, 0.2) is 10.8 Å². The van der Waals surface area contributed by atoms with Crippen LogP contribution in [0.25, 0.3) is 5.65 Å². The Bertz CT molecular complexity index is 604. The third-order valence-electron chi connectivity index (χ3n) is 3.84. The number of hydrogen-bond acceptors (Lipinski definition) is 4. The predicted octanol–water partition coefficient (Wildman–Crippen LogP) is 2.66. The van der Waals surface area contributed by atoms with Gasteiger partial charge in [-0.25, -0.2) is 0 Å². The molecule has 112 valence electrons. The molecule has 2 heterocycles. The van der Waals surface area contributed by atoms with Crippen LogP contribution in [0.4, 0.5) is 0 Å². The highest BCUT2D eigenvalue weighted by Gasteiger charge is 2.15. The average molecular weight is 304 g/mol. The predicted molar refractivity (Wildman–Crippen MR) is 83.3 cm³/mol. The van der Waals surface area contributed by atoms with Gasteiger partial charge >= 0.3 is 0 Å². The minimum Gasteiger partial charge on any atom is -0.353 e. The summed E-state index contributed by atoms with van der Waals surface area (Å²) < 4.78 is 1.91. The molecule has 2 aromatic rings. The summed E-state index contributed by atoms with van der Waals surface area (Å²) in [7, 11) is 0. The van der Waals surface area contributed by atoms with Gasteiger partial charge in [0.25, 0.3) is 0 Å². The fourth-order valence-electron chi connectivity index (χ4n) is 2.74. The zero-order valence-corrected chi connectivity index (χ0v) is 12.8. The maximum Gasteiger partial charge on any atom is 0.230 e. The van der Waals surface area contributed by atoms with Crippen LogP contribution in [0.5, 0.6) is 0 Å². The van der Waals surface area contributed by atoms with Gasteiger partial charge < -0.3 is 5.32 Å². The summed E-state index contributed by atoms with van der Waals surface area (Å²) in [5.41, 5.74) is 0.809. The molecule has 1 aliphatic rings. The summed E-state index contributed by atoms with van der Waals surface area (Å²) in [6, 6.07) is 6.13. The molecule has 3 rings (SSSR count). The number of thioether (sulfide) groups is 1. The summed E-state index contributed by atoms with van der Waals surface area (Å²) in [6.45, 7) is 0. The molecule has 1 amide bonds. The second-order valence-corrected chi connectivity index (χ2v) is 6.40.